The van der Waals surface area contributed by atoms with Gasteiger partial charge < -0.3 is 10.5 Å². The number of ether oxygens (including phenoxy) is 1. The van der Waals surface area contributed by atoms with Crippen LogP contribution in [-0.2, 0) is 6.42 Å². The molecule has 17 heavy (non-hydrogen) atoms. The summed E-state index contributed by atoms with van der Waals surface area (Å²) in [6, 6.07) is 12.1. The Morgan fingerprint density at radius 2 is 2.18 bits per heavy atom. The lowest BCUT2D eigenvalue weighted by Gasteiger charge is -2.11. The normalized spacial score (nSPS) is 12.4. The molecule has 1 aromatic carbocycles. The van der Waals surface area contributed by atoms with Crippen molar-refractivity contribution >= 4 is 27.3 Å². The van der Waals surface area contributed by atoms with E-state index in [9.17, 15) is 0 Å². The van der Waals surface area contributed by atoms with E-state index in [0.717, 1.165) is 21.5 Å². The highest BCUT2D eigenvalue weighted by Gasteiger charge is 2.09. The zero-order valence-corrected chi connectivity index (χ0v) is 11.9. The Labute approximate surface area is 114 Å². The highest BCUT2D eigenvalue weighted by atomic mass is 79.9. The number of rotatable bonds is 4. The summed E-state index contributed by atoms with van der Waals surface area (Å²) in [5.41, 5.74) is 7.30. The van der Waals surface area contributed by atoms with Crippen LogP contribution in [0.4, 0.5) is 0 Å². The fraction of sp³-hybridized carbons (Fsp3) is 0.231. The zero-order chi connectivity index (χ0) is 12.3. The first-order valence-corrected chi connectivity index (χ1v) is 6.93. The summed E-state index contributed by atoms with van der Waals surface area (Å²) in [4.78, 5) is 1.28. The van der Waals surface area contributed by atoms with Crippen molar-refractivity contribution in [3.63, 3.8) is 0 Å². The van der Waals surface area contributed by atoms with Crippen LogP contribution in [0, 0.1) is 0 Å². The van der Waals surface area contributed by atoms with Gasteiger partial charge in [0.15, 0.2) is 0 Å². The summed E-state index contributed by atoms with van der Waals surface area (Å²) < 4.78 is 6.34. The van der Waals surface area contributed by atoms with Gasteiger partial charge in [-0.2, -0.15) is 0 Å². The minimum absolute atomic E-state index is 0.00986. The first-order chi connectivity index (χ1) is 8.19. The SMILES string of the molecule is COc1cccc(C(N)Cc2ccc(Br)s2)c1. The van der Waals surface area contributed by atoms with E-state index in [-0.39, 0.29) is 6.04 Å². The molecule has 1 unspecified atom stereocenters. The predicted molar refractivity (Wildman–Crippen MR) is 75.6 cm³/mol. The van der Waals surface area contributed by atoms with E-state index < -0.39 is 0 Å². The van der Waals surface area contributed by atoms with Gasteiger partial charge in [-0.25, -0.2) is 0 Å². The summed E-state index contributed by atoms with van der Waals surface area (Å²) in [6.45, 7) is 0. The van der Waals surface area contributed by atoms with E-state index in [1.54, 1.807) is 18.4 Å². The first kappa shape index (κ1) is 12.6. The van der Waals surface area contributed by atoms with Crippen LogP contribution < -0.4 is 10.5 Å². The van der Waals surface area contributed by atoms with Gasteiger partial charge in [-0.3, -0.25) is 0 Å². The van der Waals surface area contributed by atoms with Crippen molar-refractivity contribution in [1.29, 1.82) is 0 Å². The highest BCUT2D eigenvalue weighted by molar-refractivity contribution is 9.11. The molecule has 1 aromatic heterocycles. The number of methoxy groups -OCH3 is 1. The lowest BCUT2D eigenvalue weighted by atomic mass is 10.0. The van der Waals surface area contributed by atoms with Crippen LogP contribution >= 0.6 is 27.3 Å². The van der Waals surface area contributed by atoms with E-state index in [2.05, 4.69) is 28.1 Å². The van der Waals surface area contributed by atoms with Crippen LogP contribution in [0.15, 0.2) is 40.2 Å². The molecule has 0 saturated heterocycles. The number of halogens is 1. The number of nitrogens with two attached hydrogens (primary N) is 1. The average Bonchev–Trinajstić information content (AvgIpc) is 2.75. The quantitative estimate of drug-likeness (QED) is 0.933. The van der Waals surface area contributed by atoms with Crippen molar-refractivity contribution in [1.82, 2.24) is 0 Å². The van der Waals surface area contributed by atoms with E-state index in [1.807, 2.05) is 24.3 Å². The molecule has 1 atom stereocenters. The number of hydrogen-bond acceptors (Lipinski definition) is 3. The van der Waals surface area contributed by atoms with E-state index >= 15 is 0 Å². The van der Waals surface area contributed by atoms with Crippen molar-refractivity contribution in [3.8, 4) is 5.75 Å². The molecule has 0 spiro atoms. The highest BCUT2D eigenvalue weighted by Crippen LogP contribution is 2.27. The maximum atomic E-state index is 6.20. The molecule has 0 aliphatic carbocycles. The molecule has 2 aromatic rings. The fourth-order valence-electron chi connectivity index (χ4n) is 1.67. The number of thiophene rings is 1. The maximum Gasteiger partial charge on any atom is 0.119 e. The van der Waals surface area contributed by atoms with Crippen LogP contribution in [0.25, 0.3) is 0 Å². The summed E-state index contributed by atoms with van der Waals surface area (Å²) >= 11 is 5.18. The minimum atomic E-state index is 0.00986. The van der Waals surface area contributed by atoms with Crippen molar-refractivity contribution in [3.05, 3.63) is 50.6 Å². The van der Waals surface area contributed by atoms with Crippen molar-refractivity contribution in [2.45, 2.75) is 12.5 Å². The fourth-order valence-corrected chi connectivity index (χ4v) is 3.21. The summed E-state index contributed by atoms with van der Waals surface area (Å²) in [5, 5.41) is 0. The molecule has 0 fully saturated rings. The second-order valence-corrected chi connectivity index (χ2v) is 6.34. The number of hydrogen-bond donors (Lipinski definition) is 1. The molecule has 0 amide bonds. The molecule has 2 nitrogen and oxygen atoms in total. The van der Waals surface area contributed by atoms with E-state index in [1.165, 1.54) is 4.88 Å². The summed E-state index contributed by atoms with van der Waals surface area (Å²) in [7, 11) is 1.67. The van der Waals surface area contributed by atoms with Gasteiger partial charge in [-0.05, 0) is 45.8 Å². The van der Waals surface area contributed by atoms with Crippen LogP contribution in [0.3, 0.4) is 0 Å². The molecule has 0 radical (unpaired) electrons. The largest absolute Gasteiger partial charge is 0.497 e. The smallest absolute Gasteiger partial charge is 0.119 e. The van der Waals surface area contributed by atoms with E-state index in [0.29, 0.717) is 0 Å². The van der Waals surface area contributed by atoms with Crippen LogP contribution in [0.2, 0.25) is 0 Å². The molecule has 4 heteroatoms. The zero-order valence-electron chi connectivity index (χ0n) is 9.52. The average molecular weight is 312 g/mol. The Kier molecular flexibility index (Phi) is 4.20. The molecular weight excluding hydrogens is 298 g/mol. The molecule has 0 aliphatic heterocycles. The summed E-state index contributed by atoms with van der Waals surface area (Å²) in [6.07, 6.45) is 0.851. The van der Waals surface area contributed by atoms with E-state index in [4.69, 9.17) is 10.5 Å². The van der Waals surface area contributed by atoms with Crippen molar-refractivity contribution in [2.75, 3.05) is 7.11 Å². The third-order valence-electron chi connectivity index (χ3n) is 2.57. The molecule has 0 bridgehead atoms. The van der Waals surface area contributed by atoms with Crippen LogP contribution in [0.5, 0.6) is 5.75 Å². The van der Waals surface area contributed by atoms with Gasteiger partial charge in [0.25, 0.3) is 0 Å². The molecule has 2 rings (SSSR count). The van der Waals surface area contributed by atoms with Crippen LogP contribution in [-0.4, -0.2) is 7.11 Å². The molecule has 2 N–H and O–H groups in total. The van der Waals surface area contributed by atoms with Crippen molar-refractivity contribution in [2.24, 2.45) is 5.73 Å². The van der Waals surface area contributed by atoms with Gasteiger partial charge in [0, 0.05) is 17.3 Å². The second kappa shape index (κ2) is 5.67. The van der Waals surface area contributed by atoms with Gasteiger partial charge in [0.05, 0.1) is 10.9 Å². The Bertz CT molecular complexity index is 498. The Hall–Kier alpha value is -0.840. The van der Waals surface area contributed by atoms with Gasteiger partial charge >= 0.3 is 0 Å². The monoisotopic (exact) mass is 311 g/mol. The minimum Gasteiger partial charge on any atom is -0.497 e. The van der Waals surface area contributed by atoms with Crippen molar-refractivity contribution < 1.29 is 4.74 Å². The Morgan fingerprint density at radius 1 is 1.35 bits per heavy atom. The molecule has 0 aliphatic rings. The Balaban J connectivity index is 2.11. The maximum absolute atomic E-state index is 6.20. The predicted octanol–water partition coefficient (Wildman–Crippen LogP) is 3.76. The van der Waals surface area contributed by atoms with Gasteiger partial charge in [-0.1, -0.05) is 12.1 Å². The van der Waals surface area contributed by atoms with Gasteiger partial charge in [0.2, 0.25) is 0 Å². The topological polar surface area (TPSA) is 35.2 Å². The lowest BCUT2D eigenvalue weighted by Crippen LogP contribution is -2.12. The Morgan fingerprint density at radius 3 is 2.82 bits per heavy atom. The van der Waals surface area contributed by atoms with Crippen LogP contribution in [0.1, 0.15) is 16.5 Å². The second-order valence-electron chi connectivity index (χ2n) is 3.79. The third-order valence-corrected chi connectivity index (χ3v) is 4.22. The molecular formula is C13H14BrNOS. The third kappa shape index (κ3) is 3.31. The lowest BCUT2D eigenvalue weighted by molar-refractivity contribution is 0.414. The standard InChI is InChI=1S/C13H14BrNOS/c1-16-10-4-2-3-9(7-10)12(15)8-11-5-6-13(14)17-11/h2-7,12H,8,15H2,1H3. The number of benzene rings is 1. The van der Waals surface area contributed by atoms with Gasteiger partial charge in [-0.15, -0.1) is 11.3 Å². The molecule has 1 heterocycles. The summed E-state index contributed by atoms with van der Waals surface area (Å²) in [5.74, 6) is 0.852. The molecule has 90 valence electrons. The molecule has 0 saturated carbocycles. The first-order valence-electron chi connectivity index (χ1n) is 5.33. The van der Waals surface area contributed by atoms with Gasteiger partial charge in [0.1, 0.15) is 5.75 Å².